The SMILES string of the molecule is CCNC(=NCCS(=O)Cc1ccccc1)NC(C)c1ccc(Cl)cc1. The van der Waals surface area contributed by atoms with Gasteiger partial charge in [0.25, 0.3) is 0 Å². The van der Waals surface area contributed by atoms with E-state index in [-0.39, 0.29) is 6.04 Å². The van der Waals surface area contributed by atoms with Crippen molar-refractivity contribution in [3.05, 3.63) is 70.7 Å². The summed E-state index contributed by atoms with van der Waals surface area (Å²) < 4.78 is 12.2. The highest BCUT2D eigenvalue weighted by Crippen LogP contribution is 2.15. The minimum atomic E-state index is -0.920. The van der Waals surface area contributed by atoms with E-state index >= 15 is 0 Å². The van der Waals surface area contributed by atoms with Gasteiger partial charge in [-0.15, -0.1) is 0 Å². The van der Waals surface area contributed by atoms with E-state index in [1.807, 2.05) is 61.5 Å². The van der Waals surface area contributed by atoms with Crippen LogP contribution in [0.25, 0.3) is 0 Å². The first-order chi connectivity index (χ1) is 12.6. The number of hydrogen-bond donors (Lipinski definition) is 2. The van der Waals surface area contributed by atoms with Crippen molar-refractivity contribution in [2.75, 3.05) is 18.8 Å². The average molecular weight is 392 g/mol. The van der Waals surface area contributed by atoms with E-state index in [0.29, 0.717) is 18.1 Å². The van der Waals surface area contributed by atoms with Crippen LogP contribution in [-0.2, 0) is 16.6 Å². The molecule has 0 spiro atoms. The Kier molecular flexibility index (Phi) is 8.65. The third-order valence-corrected chi connectivity index (χ3v) is 5.37. The molecule has 0 aliphatic rings. The minimum Gasteiger partial charge on any atom is -0.357 e. The van der Waals surface area contributed by atoms with Gasteiger partial charge in [-0.05, 0) is 37.1 Å². The number of benzene rings is 2. The molecule has 2 rings (SSSR count). The summed E-state index contributed by atoms with van der Waals surface area (Å²) in [6, 6.07) is 17.8. The van der Waals surface area contributed by atoms with Gasteiger partial charge < -0.3 is 10.6 Å². The number of nitrogens with one attached hydrogen (secondary N) is 2. The molecule has 0 aliphatic carbocycles. The number of hydrogen-bond acceptors (Lipinski definition) is 2. The maximum atomic E-state index is 12.2. The molecule has 6 heteroatoms. The number of halogens is 1. The van der Waals surface area contributed by atoms with Crippen LogP contribution in [0.3, 0.4) is 0 Å². The monoisotopic (exact) mass is 391 g/mol. The molecule has 0 bridgehead atoms. The minimum absolute atomic E-state index is 0.0971. The Hall–Kier alpha value is -1.85. The lowest BCUT2D eigenvalue weighted by Crippen LogP contribution is -2.39. The Morgan fingerprint density at radius 2 is 1.85 bits per heavy atom. The van der Waals surface area contributed by atoms with Gasteiger partial charge in [-0.25, -0.2) is 0 Å². The topological polar surface area (TPSA) is 53.5 Å². The summed E-state index contributed by atoms with van der Waals surface area (Å²) in [5.41, 5.74) is 2.23. The van der Waals surface area contributed by atoms with E-state index < -0.39 is 10.8 Å². The van der Waals surface area contributed by atoms with E-state index in [1.165, 1.54) is 0 Å². The van der Waals surface area contributed by atoms with E-state index in [4.69, 9.17) is 11.6 Å². The van der Waals surface area contributed by atoms with Crippen molar-refractivity contribution < 1.29 is 4.21 Å². The molecule has 0 saturated carbocycles. The van der Waals surface area contributed by atoms with Crippen molar-refractivity contribution in [1.82, 2.24) is 10.6 Å². The van der Waals surface area contributed by atoms with Gasteiger partial charge in [0.2, 0.25) is 0 Å². The highest BCUT2D eigenvalue weighted by molar-refractivity contribution is 7.84. The lowest BCUT2D eigenvalue weighted by atomic mass is 10.1. The zero-order valence-electron chi connectivity index (χ0n) is 15.2. The van der Waals surface area contributed by atoms with Gasteiger partial charge in [0.05, 0.1) is 12.6 Å². The largest absolute Gasteiger partial charge is 0.357 e. The lowest BCUT2D eigenvalue weighted by Gasteiger charge is -2.18. The van der Waals surface area contributed by atoms with Crippen LogP contribution in [0.2, 0.25) is 5.02 Å². The fourth-order valence-electron chi connectivity index (χ4n) is 2.45. The van der Waals surface area contributed by atoms with Crippen LogP contribution in [0, 0.1) is 0 Å². The van der Waals surface area contributed by atoms with Crippen LogP contribution < -0.4 is 10.6 Å². The normalized spacial score (nSPS) is 13.9. The predicted octanol–water partition coefficient (Wildman–Crippen LogP) is 3.91. The van der Waals surface area contributed by atoms with Gasteiger partial charge in [-0.3, -0.25) is 9.20 Å². The van der Waals surface area contributed by atoms with E-state index in [0.717, 1.165) is 28.7 Å². The Balaban J connectivity index is 1.87. The number of aliphatic imine (C=N–C) groups is 1. The summed E-state index contributed by atoms with van der Waals surface area (Å²) in [5, 5.41) is 7.33. The van der Waals surface area contributed by atoms with E-state index in [9.17, 15) is 4.21 Å². The summed E-state index contributed by atoms with van der Waals surface area (Å²) in [6.07, 6.45) is 0. The number of rotatable bonds is 8. The fraction of sp³-hybridized carbons (Fsp3) is 0.350. The smallest absolute Gasteiger partial charge is 0.191 e. The molecule has 0 saturated heterocycles. The Labute approximate surface area is 163 Å². The third-order valence-electron chi connectivity index (χ3n) is 3.83. The summed E-state index contributed by atoms with van der Waals surface area (Å²) in [5.74, 6) is 1.84. The van der Waals surface area contributed by atoms with Crippen LogP contribution in [-0.4, -0.2) is 29.0 Å². The lowest BCUT2D eigenvalue weighted by molar-refractivity contribution is 0.679. The van der Waals surface area contributed by atoms with Gasteiger partial charge in [0.1, 0.15) is 0 Å². The third kappa shape index (κ3) is 7.18. The molecule has 140 valence electrons. The van der Waals surface area contributed by atoms with E-state index in [1.54, 1.807) is 0 Å². The molecule has 0 aliphatic heterocycles. The van der Waals surface area contributed by atoms with Crippen LogP contribution in [0.5, 0.6) is 0 Å². The molecule has 0 aromatic heterocycles. The molecule has 0 fully saturated rings. The molecule has 2 atom stereocenters. The number of guanidine groups is 1. The second-order valence-corrected chi connectivity index (χ2v) is 7.97. The fourth-order valence-corrected chi connectivity index (χ4v) is 3.58. The summed E-state index contributed by atoms with van der Waals surface area (Å²) in [4.78, 5) is 4.55. The van der Waals surface area contributed by atoms with Gasteiger partial charge in [-0.1, -0.05) is 54.1 Å². The average Bonchev–Trinajstić information content (AvgIpc) is 2.63. The summed E-state index contributed by atoms with van der Waals surface area (Å²) in [6.45, 7) is 5.38. The number of nitrogens with zero attached hydrogens (tertiary/aromatic N) is 1. The van der Waals surface area contributed by atoms with Gasteiger partial charge in [0, 0.05) is 33.9 Å². The van der Waals surface area contributed by atoms with Crippen molar-refractivity contribution in [2.24, 2.45) is 4.99 Å². The zero-order valence-corrected chi connectivity index (χ0v) is 16.8. The van der Waals surface area contributed by atoms with Gasteiger partial charge in [0.15, 0.2) is 5.96 Å². The molecule has 2 unspecified atom stereocenters. The molecule has 2 N–H and O–H groups in total. The molecule has 2 aromatic rings. The van der Waals surface area contributed by atoms with Crippen molar-refractivity contribution in [3.63, 3.8) is 0 Å². The van der Waals surface area contributed by atoms with Crippen molar-refractivity contribution in [1.29, 1.82) is 0 Å². The maximum absolute atomic E-state index is 12.2. The van der Waals surface area contributed by atoms with Crippen molar-refractivity contribution in [3.8, 4) is 0 Å². The van der Waals surface area contributed by atoms with E-state index in [2.05, 4.69) is 22.5 Å². The van der Waals surface area contributed by atoms with Gasteiger partial charge >= 0.3 is 0 Å². The quantitative estimate of drug-likeness (QED) is 0.530. The first-order valence-corrected chi connectivity index (χ1v) is 10.6. The Morgan fingerprint density at radius 3 is 2.50 bits per heavy atom. The first kappa shape index (κ1) is 20.5. The second kappa shape index (κ2) is 11.0. The molecule has 4 nitrogen and oxygen atoms in total. The second-order valence-electron chi connectivity index (χ2n) is 5.95. The predicted molar refractivity (Wildman–Crippen MR) is 112 cm³/mol. The highest BCUT2D eigenvalue weighted by atomic mass is 35.5. The first-order valence-electron chi connectivity index (χ1n) is 8.77. The Morgan fingerprint density at radius 1 is 1.15 bits per heavy atom. The molecular weight excluding hydrogens is 366 g/mol. The summed E-state index contributed by atoms with van der Waals surface area (Å²) in [7, 11) is -0.920. The highest BCUT2D eigenvalue weighted by Gasteiger charge is 2.08. The zero-order chi connectivity index (χ0) is 18.8. The van der Waals surface area contributed by atoms with Crippen molar-refractivity contribution in [2.45, 2.75) is 25.6 Å². The van der Waals surface area contributed by atoms with Crippen molar-refractivity contribution >= 4 is 28.4 Å². The van der Waals surface area contributed by atoms with Crippen LogP contribution in [0.1, 0.15) is 31.0 Å². The standard InChI is InChI=1S/C20H26ClN3OS/c1-3-22-20(24-16(2)18-9-11-19(21)12-10-18)23-13-14-26(25)15-17-7-5-4-6-8-17/h4-12,16H,3,13-15H2,1-2H3,(H2,22,23,24). The van der Waals surface area contributed by atoms with Crippen LogP contribution in [0.4, 0.5) is 0 Å². The molecule has 2 aromatic carbocycles. The van der Waals surface area contributed by atoms with Gasteiger partial charge in [-0.2, -0.15) is 0 Å². The Bertz CT molecular complexity index is 720. The summed E-state index contributed by atoms with van der Waals surface area (Å²) >= 11 is 5.94. The molecular formula is C20H26ClN3OS. The molecule has 0 amide bonds. The maximum Gasteiger partial charge on any atom is 0.191 e. The molecule has 26 heavy (non-hydrogen) atoms. The molecule has 0 heterocycles. The molecule has 0 radical (unpaired) electrons. The van der Waals surface area contributed by atoms with Crippen LogP contribution >= 0.6 is 11.6 Å². The van der Waals surface area contributed by atoms with Crippen LogP contribution in [0.15, 0.2) is 59.6 Å².